The van der Waals surface area contributed by atoms with Gasteiger partial charge in [-0.1, -0.05) is 42.9 Å². The fourth-order valence-corrected chi connectivity index (χ4v) is 5.24. The van der Waals surface area contributed by atoms with Crippen LogP contribution in [0.15, 0.2) is 22.4 Å². The summed E-state index contributed by atoms with van der Waals surface area (Å²) in [5.74, 6) is 0.633. The number of thioether (sulfide) groups is 1. The Balaban J connectivity index is 2.23. The third-order valence-electron chi connectivity index (χ3n) is 5.53. The van der Waals surface area contributed by atoms with Crippen LogP contribution in [0.5, 0.6) is 0 Å². The van der Waals surface area contributed by atoms with Crippen molar-refractivity contribution in [2.75, 3.05) is 24.5 Å². The van der Waals surface area contributed by atoms with Crippen LogP contribution < -0.4 is 10.5 Å². The molecule has 6 nitrogen and oxygen atoms in total. The van der Waals surface area contributed by atoms with Crippen LogP contribution >= 0.6 is 24.0 Å². The summed E-state index contributed by atoms with van der Waals surface area (Å²) in [5, 5.41) is 9.65. The zero-order valence-corrected chi connectivity index (χ0v) is 19.1. The molecular formula is C22H26N4O2S2. The van der Waals surface area contributed by atoms with Gasteiger partial charge in [0.1, 0.15) is 21.8 Å². The van der Waals surface area contributed by atoms with E-state index in [-0.39, 0.29) is 17.0 Å². The molecule has 30 heavy (non-hydrogen) atoms. The van der Waals surface area contributed by atoms with Crippen LogP contribution in [0.1, 0.15) is 49.3 Å². The van der Waals surface area contributed by atoms with Crippen molar-refractivity contribution in [3.8, 4) is 6.07 Å². The molecule has 1 aromatic heterocycles. The zero-order valence-electron chi connectivity index (χ0n) is 17.4. The summed E-state index contributed by atoms with van der Waals surface area (Å²) in [5.41, 5.74) is 1.23. The van der Waals surface area contributed by atoms with Gasteiger partial charge in [-0.15, -0.1) is 6.58 Å². The summed E-state index contributed by atoms with van der Waals surface area (Å²) in [6.45, 7) is 9.91. The van der Waals surface area contributed by atoms with Crippen LogP contribution in [-0.2, 0) is 11.3 Å². The van der Waals surface area contributed by atoms with Crippen molar-refractivity contribution in [3.05, 3.63) is 44.6 Å². The first-order chi connectivity index (χ1) is 14.4. The average Bonchev–Trinajstić information content (AvgIpc) is 2.92. The predicted octanol–water partition coefficient (Wildman–Crippen LogP) is 3.82. The Labute approximate surface area is 186 Å². The molecule has 0 unspecified atom stereocenters. The maximum Gasteiger partial charge on any atom is 0.270 e. The number of anilines is 1. The Kier molecular flexibility index (Phi) is 7.16. The summed E-state index contributed by atoms with van der Waals surface area (Å²) in [4.78, 5) is 30.2. The van der Waals surface area contributed by atoms with Crippen LogP contribution in [0.4, 0.5) is 5.82 Å². The van der Waals surface area contributed by atoms with E-state index in [1.54, 1.807) is 17.6 Å². The van der Waals surface area contributed by atoms with Crippen molar-refractivity contribution < 1.29 is 4.79 Å². The molecule has 0 spiro atoms. The van der Waals surface area contributed by atoms with Crippen LogP contribution in [-0.4, -0.2) is 39.3 Å². The molecule has 158 valence electrons. The van der Waals surface area contributed by atoms with Gasteiger partial charge in [-0.05, 0) is 38.3 Å². The van der Waals surface area contributed by atoms with E-state index in [1.165, 1.54) is 16.7 Å². The monoisotopic (exact) mass is 442 g/mol. The second-order valence-corrected chi connectivity index (χ2v) is 9.06. The first-order valence-corrected chi connectivity index (χ1v) is 11.5. The van der Waals surface area contributed by atoms with Crippen LogP contribution in [0, 0.1) is 18.3 Å². The van der Waals surface area contributed by atoms with Gasteiger partial charge in [-0.3, -0.25) is 19.1 Å². The Bertz CT molecular complexity index is 1010. The topological polar surface area (TPSA) is 69.3 Å². The van der Waals surface area contributed by atoms with Gasteiger partial charge in [0, 0.05) is 31.7 Å². The lowest BCUT2D eigenvalue weighted by Crippen LogP contribution is -2.35. The fraction of sp³-hybridized carbons (Fsp3) is 0.455. The number of aromatic nitrogens is 1. The highest BCUT2D eigenvalue weighted by Crippen LogP contribution is 2.36. The molecule has 2 saturated heterocycles. The van der Waals surface area contributed by atoms with E-state index in [1.807, 2.05) is 13.0 Å². The Morgan fingerprint density at radius 2 is 1.90 bits per heavy atom. The lowest BCUT2D eigenvalue weighted by atomic mass is 10.0. The molecule has 0 bridgehead atoms. The highest BCUT2D eigenvalue weighted by molar-refractivity contribution is 8.26. The summed E-state index contributed by atoms with van der Waals surface area (Å²) in [7, 11) is 0. The summed E-state index contributed by atoms with van der Waals surface area (Å²) in [6.07, 6.45) is 7.89. The first-order valence-electron chi connectivity index (χ1n) is 10.2. The minimum absolute atomic E-state index is 0.128. The molecule has 2 aliphatic rings. The van der Waals surface area contributed by atoms with Gasteiger partial charge in [0.25, 0.3) is 11.5 Å². The van der Waals surface area contributed by atoms with E-state index in [0.717, 1.165) is 50.2 Å². The largest absolute Gasteiger partial charge is 0.357 e. The molecule has 2 aliphatic heterocycles. The van der Waals surface area contributed by atoms with E-state index >= 15 is 0 Å². The van der Waals surface area contributed by atoms with Crippen LogP contribution in [0.3, 0.4) is 0 Å². The Morgan fingerprint density at radius 1 is 1.23 bits per heavy atom. The molecule has 0 aromatic carbocycles. The van der Waals surface area contributed by atoms with Crippen molar-refractivity contribution in [1.82, 2.24) is 9.47 Å². The smallest absolute Gasteiger partial charge is 0.270 e. The third-order valence-corrected chi connectivity index (χ3v) is 6.91. The molecular weight excluding hydrogens is 416 g/mol. The number of carbonyl (C=O) groups excluding carboxylic acids is 1. The number of hydrogen-bond donors (Lipinski definition) is 0. The third kappa shape index (κ3) is 4.09. The lowest BCUT2D eigenvalue weighted by molar-refractivity contribution is -0.121. The minimum atomic E-state index is -0.270. The molecule has 0 radical (unpaired) electrons. The van der Waals surface area contributed by atoms with Crippen molar-refractivity contribution >= 4 is 46.1 Å². The number of amides is 1. The number of pyridine rings is 1. The van der Waals surface area contributed by atoms with Gasteiger partial charge in [-0.25, -0.2) is 0 Å². The zero-order chi connectivity index (χ0) is 21.8. The van der Waals surface area contributed by atoms with Gasteiger partial charge < -0.3 is 4.90 Å². The fourth-order valence-electron chi connectivity index (χ4n) is 3.98. The highest BCUT2D eigenvalue weighted by Gasteiger charge is 2.32. The van der Waals surface area contributed by atoms with Crippen molar-refractivity contribution in [2.45, 2.75) is 46.1 Å². The molecule has 1 amide bonds. The molecule has 1 aromatic rings. The number of nitrogens with zero attached hydrogens (tertiary/aromatic N) is 4. The standard InChI is InChI=1S/C22H26N4O2S2/c1-4-10-26-21(28)18(30-22(26)29)13-16-15(3)17(14-23)20(27)25(5-2)19(16)24-11-8-6-7-9-12-24/h4,13H,1,5-12H2,2-3H3/b18-13-. The number of carbonyl (C=O) groups is 1. The van der Waals surface area contributed by atoms with Gasteiger partial charge in [0.15, 0.2) is 0 Å². The Hall–Kier alpha value is -2.37. The summed E-state index contributed by atoms with van der Waals surface area (Å²) in [6, 6.07) is 2.07. The van der Waals surface area contributed by atoms with E-state index in [2.05, 4.69) is 17.5 Å². The maximum absolute atomic E-state index is 13.0. The summed E-state index contributed by atoms with van der Waals surface area (Å²) >= 11 is 6.61. The van der Waals surface area contributed by atoms with E-state index in [4.69, 9.17) is 12.2 Å². The summed E-state index contributed by atoms with van der Waals surface area (Å²) < 4.78 is 2.16. The average molecular weight is 443 g/mol. The number of hydrogen-bond acceptors (Lipinski definition) is 6. The van der Waals surface area contributed by atoms with E-state index in [9.17, 15) is 14.9 Å². The van der Waals surface area contributed by atoms with E-state index in [0.29, 0.717) is 27.9 Å². The second-order valence-electron chi connectivity index (χ2n) is 7.38. The quantitative estimate of drug-likeness (QED) is 0.392. The van der Waals surface area contributed by atoms with Gasteiger partial charge in [0.05, 0.1) is 4.91 Å². The first kappa shape index (κ1) is 22.3. The number of rotatable bonds is 5. The van der Waals surface area contributed by atoms with E-state index < -0.39 is 0 Å². The van der Waals surface area contributed by atoms with Crippen LogP contribution in [0.25, 0.3) is 6.08 Å². The molecule has 8 heteroatoms. The van der Waals surface area contributed by atoms with Crippen molar-refractivity contribution in [3.63, 3.8) is 0 Å². The molecule has 0 atom stereocenters. The Morgan fingerprint density at radius 3 is 2.47 bits per heavy atom. The molecule has 3 heterocycles. The van der Waals surface area contributed by atoms with Crippen molar-refractivity contribution in [1.29, 1.82) is 5.26 Å². The molecule has 0 N–H and O–H groups in total. The van der Waals surface area contributed by atoms with Gasteiger partial charge in [0.2, 0.25) is 0 Å². The van der Waals surface area contributed by atoms with Crippen LogP contribution in [0.2, 0.25) is 0 Å². The normalized spacial score (nSPS) is 18.6. The minimum Gasteiger partial charge on any atom is -0.357 e. The van der Waals surface area contributed by atoms with Gasteiger partial charge in [-0.2, -0.15) is 5.26 Å². The highest BCUT2D eigenvalue weighted by atomic mass is 32.2. The SMILES string of the molecule is C=CCN1C(=O)/C(=C/c2c(C)c(C#N)c(=O)n(CC)c2N2CCCCCC2)SC1=S. The lowest BCUT2D eigenvalue weighted by Gasteiger charge is -2.29. The predicted molar refractivity (Wildman–Crippen MR) is 127 cm³/mol. The number of nitriles is 1. The number of thiocarbonyl (C=S) groups is 1. The molecule has 3 rings (SSSR count). The van der Waals surface area contributed by atoms with Crippen molar-refractivity contribution in [2.24, 2.45) is 0 Å². The second kappa shape index (κ2) is 9.63. The molecule has 0 saturated carbocycles. The van der Waals surface area contributed by atoms with Gasteiger partial charge >= 0.3 is 0 Å². The maximum atomic E-state index is 13.0. The molecule has 0 aliphatic carbocycles. The molecule has 2 fully saturated rings.